The first-order valence-corrected chi connectivity index (χ1v) is 13.8. The third kappa shape index (κ3) is 6.60. The number of methoxy groups -OCH3 is 1. The van der Waals surface area contributed by atoms with Gasteiger partial charge in [0.15, 0.2) is 0 Å². The molecule has 0 aromatic heterocycles. The summed E-state index contributed by atoms with van der Waals surface area (Å²) in [6.45, 7) is 7.65. The van der Waals surface area contributed by atoms with Crippen molar-refractivity contribution < 1.29 is 13.9 Å². The summed E-state index contributed by atoms with van der Waals surface area (Å²) in [5.41, 5.74) is 10.3. The van der Waals surface area contributed by atoms with E-state index in [9.17, 15) is 5.53 Å². The van der Waals surface area contributed by atoms with Gasteiger partial charge in [0.1, 0.15) is 0 Å². The third-order valence-corrected chi connectivity index (χ3v) is 11.2. The number of azide groups is 1. The Hall–Kier alpha value is -2.93. The topological polar surface area (TPSA) is 76.5 Å². The van der Waals surface area contributed by atoms with Gasteiger partial charge in [-0.3, -0.25) is 0 Å². The molecule has 184 valence electrons. The molecule has 0 N–H and O–H groups in total. The smallest absolute Gasteiger partial charge is 0.261 e. The molecule has 6 nitrogen and oxygen atoms in total. The molecule has 3 aromatic carbocycles. The summed E-state index contributed by atoms with van der Waals surface area (Å²) >= 11 is 0. The summed E-state index contributed by atoms with van der Waals surface area (Å²) in [6.07, 6.45) is -0.455. The van der Waals surface area contributed by atoms with Crippen molar-refractivity contribution in [3.63, 3.8) is 0 Å². The first-order valence-electron chi connectivity index (χ1n) is 11.9. The molecule has 3 rings (SSSR count). The van der Waals surface area contributed by atoms with Gasteiger partial charge in [0.25, 0.3) is 8.32 Å². The lowest BCUT2D eigenvalue weighted by atomic mass is 10.2. The van der Waals surface area contributed by atoms with E-state index in [1.807, 2.05) is 42.5 Å². The maximum atomic E-state index is 9.23. The Bertz CT molecular complexity index is 1030. The fourth-order valence-electron chi connectivity index (χ4n) is 4.46. The van der Waals surface area contributed by atoms with Gasteiger partial charge >= 0.3 is 0 Å². The molecule has 0 saturated heterocycles. The molecule has 0 heterocycles. The monoisotopic (exact) mass is 489 g/mol. The number of hydrogen-bond acceptors (Lipinski definition) is 4. The number of ether oxygens (including phenoxy) is 2. The van der Waals surface area contributed by atoms with E-state index in [-0.39, 0.29) is 18.3 Å². The minimum Gasteiger partial charge on any atom is -0.405 e. The van der Waals surface area contributed by atoms with Crippen LogP contribution in [-0.4, -0.2) is 40.8 Å². The van der Waals surface area contributed by atoms with Crippen LogP contribution in [0.25, 0.3) is 10.4 Å². The quantitative estimate of drug-likeness (QED) is 0.146. The van der Waals surface area contributed by atoms with Crippen molar-refractivity contribution in [2.75, 3.05) is 20.3 Å². The van der Waals surface area contributed by atoms with Gasteiger partial charge in [-0.25, -0.2) is 0 Å². The van der Waals surface area contributed by atoms with E-state index >= 15 is 0 Å². The highest BCUT2D eigenvalue weighted by Crippen LogP contribution is 2.37. The molecule has 0 unspecified atom stereocenters. The largest absolute Gasteiger partial charge is 0.405 e. The predicted molar refractivity (Wildman–Crippen MR) is 143 cm³/mol. The van der Waals surface area contributed by atoms with E-state index in [1.54, 1.807) is 7.11 Å². The highest BCUT2D eigenvalue weighted by molar-refractivity contribution is 6.99. The molecule has 0 spiro atoms. The van der Waals surface area contributed by atoms with E-state index in [2.05, 4.69) is 79.3 Å². The van der Waals surface area contributed by atoms with Crippen molar-refractivity contribution in [2.24, 2.45) is 5.11 Å². The molecule has 0 saturated carbocycles. The van der Waals surface area contributed by atoms with E-state index in [1.165, 1.54) is 10.4 Å². The van der Waals surface area contributed by atoms with E-state index in [4.69, 9.17) is 13.9 Å². The first-order chi connectivity index (χ1) is 16.9. The zero-order chi connectivity index (χ0) is 25.2. The number of rotatable bonds is 12. The lowest BCUT2D eigenvalue weighted by Gasteiger charge is -2.44. The minimum atomic E-state index is -2.74. The van der Waals surface area contributed by atoms with Crippen LogP contribution in [0.3, 0.4) is 0 Å². The average molecular weight is 490 g/mol. The molecule has 0 aliphatic carbocycles. The highest BCUT2D eigenvalue weighted by Gasteiger charge is 2.50. The van der Waals surface area contributed by atoms with Crippen LogP contribution in [0.2, 0.25) is 5.04 Å². The van der Waals surface area contributed by atoms with Crippen LogP contribution >= 0.6 is 0 Å². The van der Waals surface area contributed by atoms with E-state index < -0.39 is 20.5 Å². The molecule has 0 aliphatic rings. The summed E-state index contributed by atoms with van der Waals surface area (Å²) in [6, 6.07) is 30.3. The maximum absolute atomic E-state index is 9.23. The van der Waals surface area contributed by atoms with E-state index in [0.29, 0.717) is 6.61 Å². The molecule has 2 atom stereocenters. The summed E-state index contributed by atoms with van der Waals surface area (Å²) in [4.78, 5) is 3.06. The van der Waals surface area contributed by atoms with Gasteiger partial charge in [-0.15, -0.1) is 0 Å². The number of nitrogens with zero attached hydrogens (tertiary/aromatic N) is 3. The Balaban J connectivity index is 1.86. The van der Waals surface area contributed by atoms with Gasteiger partial charge in [0, 0.05) is 12.0 Å². The first kappa shape index (κ1) is 26.7. The van der Waals surface area contributed by atoms with Crippen LogP contribution < -0.4 is 10.4 Å². The van der Waals surface area contributed by atoms with Gasteiger partial charge in [-0.05, 0) is 26.5 Å². The van der Waals surface area contributed by atoms with Gasteiger partial charge in [0.2, 0.25) is 0 Å². The molecule has 0 aliphatic heterocycles. The minimum absolute atomic E-state index is 0.161. The Morgan fingerprint density at radius 3 is 1.80 bits per heavy atom. The Labute approximate surface area is 209 Å². The fraction of sp³-hybridized carbons (Fsp3) is 0.357. The van der Waals surface area contributed by atoms with Crippen LogP contribution in [0.5, 0.6) is 0 Å². The second-order valence-electron chi connectivity index (χ2n) is 9.52. The standard InChI is InChI=1S/C28H35N3O3Si/c1-28(2,3)35(24-16-10-6-11-17-24,25-18-12-7-13-19-25)34-22-27(32-4)26(30-31-29)21-33-20-23-14-8-5-9-15-23/h5-19,26-27H,20-22H2,1-4H3/t26-,27-/m1/s1. The second kappa shape index (κ2) is 12.7. The summed E-state index contributed by atoms with van der Waals surface area (Å²) in [5, 5.41) is 6.22. The predicted octanol–water partition coefficient (Wildman–Crippen LogP) is 5.47. The van der Waals surface area contributed by atoms with Crippen LogP contribution in [0.15, 0.2) is 96.1 Å². The van der Waals surface area contributed by atoms with Gasteiger partial charge in [-0.1, -0.05) is 117 Å². The summed E-state index contributed by atoms with van der Waals surface area (Å²) in [7, 11) is -1.12. The molecule has 0 fully saturated rings. The van der Waals surface area contributed by atoms with Crippen LogP contribution in [0, 0.1) is 0 Å². The SMILES string of the molecule is CO[C@H](CO[Si](c1ccccc1)(c1ccccc1)C(C)(C)C)[C@@H](COCc1ccccc1)N=[N+]=[N-]. The average Bonchev–Trinajstić information content (AvgIpc) is 2.87. The lowest BCUT2D eigenvalue weighted by Crippen LogP contribution is -2.67. The normalized spacial score (nSPS) is 13.6. The van der Waals surface area contributed by atoms with Crippen molar-refractivity contribution in [1.82, 2.24) is 0 Å². The molecule has 0 radical (unpaired) electrons. The van der Waals surface area contributed by atoms with Crippen LogP contribution in [-0.2, 0) is 20.5 Å². The fourth-order valence-corrected chi connectivity index (χ4v) is 9.03. The zero-order valence-electron chi connectivity index (χ0n) is 21.0. The van der Waals surface area contributed by atoms with Crippen LogP contribution in [0.4, 0.5) is 0 Å². The summed E-state index contributed by atoms with van der Waals surface area (Å²) in [5.74, 6) is 0. The van der Waals surface area contributed by atoms with Crippen molar-refractivity contribution in [1.29, 1.82) is 0 Å². The zero-order valence-corrected chi connectivity index (χ0v) is 22.0. The van der Waals surface area contributed by atoms with Crippen LogP contribution in [0.1, 0.15) is 26.3 Å². The molecule has 7 heteroatoms. The number of benzene rings is 3. The maximum Gasteiger partial charge on any atom is 0.261 e. The highest BCUT2D eigenvalue weighted by atomic mass is 28.4. The van der Waals surface area contributed by atoms with Crippen molar-refractivity contribution >= 4 is 18.7 Å². The van der Waals surface area contributed by atoms with Gasteiger partial charge in [-0.2, -0.15) is 0 Å². The number of hydrogen-bond donors (Lipinski definition) is 0. The Morgan fingerprint density at radius 1 is 0.829 bits per heavy atom. The van der Waals surface area contributed by atoms with Crippen molar-refractivity contribution in [3.8, 4) is 0 Å². The lowest BCUT2D eigenvalue weighted by molar-refractivity contribution is 0.00313. The van der Waals surface area contributed by atoms with Gasteiger partial charge < -0.3 is 13.9 Å². The Kier molecular flexibility index (Phi) is 9.66. The van der Waals surface area contributed by atoms with E-state index in [0.717, 1.165) is 5.56 Å². The molecule has 3 aromatic rings. The summed E-state index contributed by atoms with van der Waals surface area (Å²) < 4.78 is 18.7. The second-order valence-corrected chi connectivity index (χ2v) is 13.8. The van der Waals surface area contributed by atoms with Crippen molar-refractivity contribution in [3.05, 3.63) is 107 Å². The molecular formula is C28H35N3O3Si. The Morgan fingerprint density at radius 2 is 1.34 bits per heavy atom. The third-order valence-electron chi connectivity index (χ3n) is 6.21. The molecule has 0 bridgehead atoms. The molecule has 35 heavy (non-hydrogen) atoms. The molecular weight excluding hydrogens is 454 g/mol. The molecule has 0 amide bonds. The van der Waals surface area contributed by atoms with Gasteiger partial charge in [0.05, 0.1) is 32.0 Å². The van der Waals surface area contributed by atoms with Crippen molar-refractivity contribution in [2.45, 2.75) is 44.6 Å².